The molecule has 4 rings (SSSR count). The summed E-state index contributed by atoms with van der Waals surface area (Å²) in [6, 6.07) is 3.80. The maximum Gasteiger partial charge on any atom is 0.280 e. The average molecular weight is 414 g/mol. The molecule has 2 heterocycles. The largest absolute Gasteiger partial charge is 0.365 e. The molecule has 1 aliphatic rings. The van der Waals surface area contributed by atoms with Gasteiger partial charge in [0.05, 0.1) is 16.5 Å². The zero-order valence-corrected chi connectivity index (χ0v) is 16.6. The van der Waals surface area contributed by atoms with Gasteiger partial charge < -0.3 is 11.1 Å². The van der Waals surface area contributed by atoms with E-state index in [1.165, 1.54) is 28.2 Å². The monoisotopic (exact) mass is 414 g/mol. The zero-order chi connectivity index (χ0) is 20.7. The third-order valence-electron chi connectivity index (χ3n) is 5.08. The first-order chi connectivity index (χ1) is 13.9. The van der Waals surface area contributed by atoms with Crippen LogP contribution < -0.4 is 16.5 Å². The van der Waals surface area contributed by atoms with Crippen molar-refractivity contribution in [1.29, 1.82) is 0 Å². The number of halogens is 1. The molecule has 9 heteroatoms. The second kappa shape index (κ2) is 7.40. The minimum Gasteiger partial charge on any atom is -0.365 e. The van der Waals surface area contributed by atoms with E-state index < -0.39 is 23.1 Å². The smallest absolute Gasteiger partial charge is 0.280 e. The van der Waals surface area contributed by atoms with Crippen molar-refractivity contribution in [3.8, 4) is 0 Å². The van der Waals surface area contributed by atoms with Crippen LogP contribution in [0.25, 0.3) is 10.9 Å². The highest BCUT2D eigenvalue weighted by molar-refractivity contribution is 7.17. The van der Waals surface area contributed by atoms with Gasteiger partial charge in [0.25, 0.3) is 11.8 Å². The second-order valence-corrected chi connectivity index (χ2v) is 7.99. The van der Waals surface area contributed by atoms with Crippen LogP contribution in [0.15, 0.2) is 23.0 Å². The minimum atomic E-state index is -0.746. The highest BCUT2D eigenvalue weighted by Crippen LogP contribution is 2.38. The van der Waals surface area contributed by atoms with E-state index in [9.17, 15) is 18.8 Å². The number of primary amides is 1. The van der Waals surface area contributed by atoms with Crippen LogP contribution in [0.5, 0.6) is 0 Å². The van der Waals surface area contributed by atoms with Crippen LogP contribution in [-0.4, -0.2) is 21.6 Å². The van der Waals surface area contributed by atoms with E-state index in [0.29, 0.717) is 22.6 Å². The Morgan fingerprint density at radius 1 is 1.31 bits per heavy atom. The molecule has 0 saturated heterocycles. The van der Waals surface area contributed by atoms with Crippen LogP contribution in [0, 0.1) is 5.82 Å². The lowest BCUT2D eigenvalue weighted by atomic mass is 9.95. The van der Waals surface area contributed by atoms with Gasteiger partial charge in [-0.05, 0) is 56.4 Å². The molecule has 1 aromatic carbocycles. The van der Waals surface area contributed by atoms with Crippen molar-refractivity contribution in [3.63, 3.8) is 0 Å². The zero-order valence-electron chi connectivity index (χ0n) is 15.8. The molecule has 3 N–H and O–H groups in total. The van der Waals surface area contributed by atoms with E-state index >= 15 is 0 Å². The molecule has 0 spiro atoms. The molecule has 0 fully saturated rings. The van der Waals surface area contributed by atoms with E-state index in [-0.39, 0.29) is 11.1 Å². The van der Waals surface area contributed by atoms with E-state index in [0.717, 1.165) is 42.2 Å². The van der Waals surface area contributed by atoms with Gasteiger partial charge in [-0.1, -0.05) is 0 Å². The number of nitrogens with one attached hydrogen (secondary N) is 1. The van der Waals surface area contributed by atoms with Gasteiger partial charge in [-0.25, -0.2) is 4.39 Å². The van der Waals surface area contributed by atoms with Crippen molar-refractivity contribution in [2.24, 2.45) is 5.73 Å². The Morgan fingerprint density at radius 2 is 2.07 bits per heavy atom. The molecule has 3 aromatic rings. The number of rotatable bonds is 4. The highest BCUT2D eigenvalue weighted by atomic mass is 32.1. The van der Waals surface area contributed by atoms with E-state index in [1.54, 1.807) is 6.92 Å². The normalized spacial score (nSPS) is 13.3. The summed E-state index contributed by atoms with van der Waals surface area (Å²) in [5, 5.41) is 7.21. The molecule has 0 unspecified atom stereocenters. The average Bonchev–Trinajstić information content (AvgIpc) is 3.06. The Kier molecular flexibility index (Phi) is 4.91. The molecule has 29 heavy (non-hydrogen) atoms. The SMILES string of the molecule is CCn1nc(C(=O)Nc2sc3c(c2C(N)=O)CCCC3)c(=O)c2cc(F)ccc21. The number of amides is 2. The molecule has 7 nitrogen and oxygen atoms in total. The molecule has 2 amide bonds. The number of nitrogens with two attached hydrogens (primary N) is 1. The fourth-order valence-corrected chi connectivity index (χ4v) is 5.02. The summed E-state index contributed by atoms with van der Waals surface area (Å²) in [6.07, 6.45) is 3.52. The number of aryl methyl sites for hydroxylation is 2. The fraction of sp³-hybridized carbons (Fsp3) is 0.300. The number of nitrogens with zero attached hydrogens (tertiary/aromatic N) is 2. The standard InChI is InChI=1S/C20H19FN4O3S/c1-2-25-13-8-7-10(21)9-12(13)17(26)16(24-25)19(28)23-20-15(18(22)27)11-5-3-4-6-14(11)29-20/h7-9H,2-6H2,1H3,(H2,22,27)(H,23,28). The van der Waals surface area contributed by atoms with Crippen molar-refractivity contribution in [1.82, 2.24) is 9.78 Å². The van der Waals surface area contributed by atoms with Crippen LogP contribution in [0.3, 0.4) is 0 Å². The van der Waals surface area contributed by atoms with Gasteiger partial charge in [-0.2, -0.15) is 5.10 Å². The topological polar surface area (TPSA) is 107 Å². The van der Waals surface area contributed by atoms with E-state index in [4.69, 9.17) is 5.73 Å². The van der Waals surface area contributed by atoms with Crippen molar-refractivity contribution in [3.05, 3.63) is 55.9 Å². The lowest BCUT2D eigenvalue weighted by molar-refractivity contribution is 0.100. The maximum absolute atomic E-state index is 13.7. The van der Waals surface area contributed by atoms with Gasteiger partial charge >= 0.3 is 0 Å². The maximum atomic E-state index is 13.7. The summed E-state index contributed by atoms with van der Waals surface area (Å²) in [6.45, 7) is 2.20. The molecule has 0 radical (unpaired) electrons. The quantitative estimate of drug-likeness (QED) is 0.684. The lowest BCUT2D eigenvalue weighted by Gasteiger charge is -2.11. The third kappa shape index (κ3) is 3.31. The van der Waals surface area contributed by atoms with Crippen LogP contribution in [-0.2, 0) is 19.4 Å². The summed E-state index contributed by atoms with van der Waals surface area (Å²) in [5.41, 5.74) is 6.17. The van der Waals surface area contributed by atoms with Crippen molar-refractivity contribution >= 4 is 39.1 Å². The molecule has 0 aliphatic heterocycles. The summed E-state index contributed by atoms with van der Waals surface area (Å²) in [5.74, 6) is -1.93. The number of fused-ring (bicyclic) bond motifs is 2. The molecule has 0 atom stereocenters. The number of benzene rings is 1. The summed E-state index contributed by atoms with van der Waals surface area (Å²) in [7, 11) is 0. The van der Waals surface area contributed by atoms with Gasteiger partial charge in [-0.3, -0.25) is 19.1 Å². The van der Waals surface area contributed by atoms with Gasteiger partial charge in [0.2, 0.25) is 5.43 Å². The fourth-order valence-electron chi connectivity index (χ4n) is 3.73. The summed E-state index contributed by atoms with van der Waals surface area (Å²) in [4.78, 5) is 38.7. The van der Waals surface area contributed by atoms with E-state index in [1.807, 2.05) is 0 Å². The molecular formula is C20H19FN4O3S. The van der Waals surface area contributed by atoms with Crippen LogP contribution in [0.2, 0.25) is 0 Å². The van der Waals surface area contributed by atoms with Gasteiger partial charge in [0, 0.05) is 11.4 Å². The predicted molar refractivity (Wildman–Crippen MR) is 109 cm³/mol. The first kappa shape index (κ1) is 19.3. The Balaban J connectivity index is 1.79. The molecule has 1 aliphatic carbocycles. The number of carbonyl (C=O) groups excluding carboxylic acids is 2. The Labute approximate surface area is 169 Å². The van der Waals surface area contributed by atoms with Crippen molar-refractivity contribution in [2.45, 2.75) is 39.2 Å². The van der Waals surface area contributed by atoms with E-state index in [2.05, 4.69) is 10.4 Å². The lowest BCUT2D eigenvalue weighted by Crippen LogP contribution is -2.27. The highest BCUT2D eigenvalue weighted by Gasteiger charge is 2.26. The molecule has 150 valence electrons. The van der Waals surface area contributed by atoms with Gasteiger partial charge in [-0.15, -0.1) is 11.3 Å². The van der Waals surface area contributed by atoms with Gasteiger partial charge in [0.1, 0.15) is 10.8 Å². The number of carbonyl (C=O) groups is 2. The molecule has 0 bridgehead atoms. The van der Waals surface area contributed by atoms with Crippen molar-refractivity contribution < 1.29 is 14.0 Å². The molecular weight excluding hydrogens is 395 g/mol. The minimum absolute atomic E-state index is 0.0765. The van der Waals surface area contributed by atoms with Crippen LogP contribution in [0.4, 0.5) is 9.39 Å². The number of aromatic nitrogens is 2. The molecule has 0 saturated carbocycles. The molecule has 2 aromatic heterocycles. The number of thiophene rings is 1. The third-order valence-corrected chi connectivity index (χ3v) is 6.28. The Bertz CT molecular complexity index is 1210. The predicted octanol–water partition coefficient (Wildman–Crippen LogP) is 2.85. The van der Waals surface area contributed by atoms with Gasteiger partial charge in [0.15, 0.2) is 5.69 Å². The summed E-state index contributed by atoms with van der Waals surface area (Å²) < 4.78 is 15.2. The summed E-state index contributed by atoms with van der Waals surface area (Å²) >= 11 is 1.31. The first-order valence-corrected chi connectivity index (χ1v) is 10.2. The van der Waals surface area contributed by atoms with Crippen LogP contribution in [0.1, 0.15) is 51.1 Å². The first-order valence-electron chi connectivity index (χ1n) is 9.36. The number of hydrogen-bond donors (Lipinski definition) is 2. The Hall–Kier alpha value is -3.07. The van der Waals surface area contributed by atoms with Crippen molar-refractivity contribution in [2.75, 3.05) is 5.32 Å². The second-order valence-electron chi connectivity index (χ2n) is 6.89. The Morgan fingerprint density at radius 3 is 2.79 bits per heavy atom. The number of hydrogen-bond acceptors (Lipinski definition) is 5. The van der Waals surface area contributed by atoms with Crippen LogP contribution >= 0.6 is 11.3 Å². The number of anilines is 1.